The molecule has 1 saturated heterocycles. The van der Waals surface area contributed by atoms with Crippen molar-refractivity contribution in [1.29, 1.82) is 0 Å². The predicted octanol–water partition coefficient (Wildman–Crippen LogP) is 5.00. The second kappa shape index (κ2) is 8.27. The van der Waals surface area contributed by atoms with Crippen LogP contribution in [-0.2, 0) is 19.6 Å². The average Bonchev–Trinajstić information content (AvgIpc) is 3.05. The molecule has 2 atom stereocenters. The molecule has 2 fully saturated rings. The van der Waals surface area contributed by atoms with Gasteiger partial charge in [0.1, 0.15) is 5.82 Å². The van der Waals surface area contributed by atoms with Gasteiger partial charge in [0.25, 0.3) is 0 Å². The molecule has 0 unspecified atom stereocenters. The van der Waals surface area contributed by atoms with Gasteiger partial charge >= 0.3 is 6.18 Å². The molecule has 33 heavy (non-hydrogen) atoms. The van der Waals surface area contributed by atoms with Crippen LogP contribution < -0.4 is 0 Å². The second-order valence-electron chi connectivity index (χ2n) is 9.49. The number of aryl methyl sites for hydroxylation is 2. The van der Waals surface area contributed by atoms with Crippen LogP contribution in [0.2, 0.25) is 0 Å². The Morgan fingerprint density at radius 1 is 1.15 bits per heavy atom. The van der Waals surface area contributed by atoms with E-state index in [9.17, 15) is 13.2 Å². The Morgan fingerprint density at radius 2 is 1.94 bits per heavy atom. The highest BCUT2D eigenvalue weighted by Crippen LogP contribution is 2.64. The molecule has 3 aromatic rings. The highest BCUT2D eigenvalue weighted by atomic mass is 19.4. The van der Waals surface area contributed by atoms with Gasteiger partial charge in [0.2, 0.25) is 5.82 Å². The molecule has 176 valence electrons. The Labute approximate surface area is 190 Å². The van der Waals surface area contributed by atoms with Crippen molar-refractivity contribution in [2.75, 3.05) is 19.6 Å². The lowest BCUT2D eigenvalue weighted by molar-refractivity contribution is -0.137. The fourth-order valence-electron chi connectivity index (χ4n) is 5.26. The largest absolute Gasteiger partial charge is 0.440 e. The lowest BCUT2D eigenvalue weighted by Crippen LogP contribution is -2.22. The lowest BCUT2D eigenvalue weighted by atomic mass is 9.97. The number of benzene rings is 1. The lowest BCUT2D eigenvalue weighted by Gasteiger charge is -2.16. The van der Waals surface area contributed by atoms with E-state index in [1.807, 2.05) is 18.5 Å². The molecule has 0 radical (unpaired) electrons. The maximum atomic E-state index is 12.8. The number of hydrogen-bond acceptors (Lipinski definition) is 5. The number of aromatic nitrogens is 4. The van der Waals surface area contributed by atoms with Crippen LogP contribution in [0.25, 0.3) is 11.6 Å². The fraction of sp³-hybridized carbons (Fsp3) is 0.542. The van der Waals surface area contributed by atoms with Crippen LogP contribution in [0, 0.1) is 12.3 Å². The van der Waals surface area contributed by atoms with E-state index in [0.717, 1.165) is 68.8 Å². The molecule has 0 bridgehead atoms. The Balaban J connectivity index is 1.09. The van der Waals surface area contributed by atoms with Gasteiger partial charge in [-0.3, -0.25) is 0 Å². The molecule has 1 aromatic carbocycles. The number of likely N-dealkylation sites (tertiary alicyclic amines) is 1. The molecule has 9 heteroatoms. The summed E-state index contributed by atoms with van der Waals surface area (Å²) >= 11 is 0. The van der Waals surface area contributed by atoms with Gasteiger partial charge in [0.15, 0.2) is 12.2 Å². The Kier molecular flexibility index (Phi) is 5.55. The summed E-state index contributed by atoms with van der Waals surface area (Å²) in [5.41, 5.74) is 1.53. The maximum Gasteiger partial charge on any atom is 0.416 e. The summed E-state index contributed by atoms with van der Waals surface area (Å²) in [6.07, 6.45) is 2.30. The standard InChI is InChI=1S/C24H28F3N5O/c1-16-21(33-15-28-16)22-30-29-20(31(22)2)5-3-4-11-32-12-10-23(14-32)13-19(23)17-6-8-18(9-7-17)24(25,26)27/h6-9,15,19H,3-5,10-14H2,1-2H3/t19-,23+/m1/s1. The molecule has 2 aliphatic rings. The zero-order valence-electron chi connectivity index (χ0n) is 18.9. The van der Waals surface area contributed by atoms with Crippen LogP contribution in [0.4, 0.5) is 13.2 Å². The van der Waals surface area contributed by atoms with Crippen molar-refractivity contribution in [1.82, 2.24) is 24.6 Å². The topological polar surface area (TPSA) is 60.0 Å². The number of unbranched alkanes of at least 4 members (excludes halogenated alkanes) is 1. The van der Waals surface area contributed by atoms with Crippen molar-refractivity contribution in [3.8, 4) is 11.6 Å². The summed E-state index contributed by atoms with van der Waals surface area (Å²) in [5, 5.41) is 8.59. The van der Waals surface area contributed by atoms with Gasteiger partial charge in [-0.05, 0) is 74.7 Å². The molecule has 1 saturated carbocycles. The number of halogens is 3. The van der Waals surface area contributed by atoms with E-state index in [4.69, 9.17) is 4.42 Å². The molecular formula is C24H28F3N5O. The van der Waals surface area contributed by atoms with Crippen LogP contribution in [0.5, 0.6) is 0 Å². The third-order valence-electron chi connectivity index (χ3n) is 7.33. The molecule has 2 aromatic heterocycles. The van der Waals surface area contributed by atoms with Crippen molar-refractivity contribution >= 4 is 0 Å². The number of oxazole rings is 1. The van der Waals surface area contributed by atoms with Crippen LogP contribution >= 0.6 is 0 Å². The van der Waals surface area contributed by atoms with Crippen molar-refractivity contribution in [3.63, 3.8) is 0 Å². The molecular weight excluding hydrogens is 431 g/mol. The fourth-order valence-corrected chi connectivity index (χ4v) is 5.26. The van der Waals surface area contributed by atoms with Crippen LogP contribution in [0.1, 0.15) is 54.2 Å². The average molecular weight is 460 g/mol. The first kappa shape index (κ1) is 22.1. The quantitative estimate of drug-likeness (QED) is 0.466. The highest BCUT2D eigenvalue weighted by molar-refractivity contribution is 5.49. The highest BCUT2D eigenvalue weighted by Gasteiger charge is 2.57. The van der Waals surface area contributed by atoms with E-state index in [1.54, 1.807) is 12.1 Å². The van der Waals surface area contributed by atoms with Crippen LogP contribution in [0.15, 0.2) is 35.1 Å². The number of nitrogens with zero attached hydrogens (tertiary/aromatic N) is 5. The molecule has 3 heterocycles. The van der Waals surface area contributed by atoms with E-state index >= 15 is 0 Å². The maximum absolute atomic E-state index is 12.8. The van der Waals surface area contributed by atoms with Crippen LogP contribution in [0.3, 0.4) is 0 Å². The monoisotopic (exact) mass is 459 g/mol. The van der Waals surface area contributed by atoms with Gasteiger partial charge in [-0.25, -0.2) is 4.98 Å². The SMILES string of the molecule is Cc1ncoc1-c1nnc(CCCCN2CC[C@]3(C[C@@H]3c3ccc(C(F)(F)F)cc3)C2)n1C. The minimum Gasteiger partial charge on any atom is -0.440 e. The zero-order valence-corrected chi connectivity index (χ0v) is 18.9. The van der Waals surface area contributed by atoms with Gasteiger partial charge in [-0.2, -0.15) is 13.2 Å². The Bertz CT molecular complexity index is 1120. The third kappa shape index (κ3) is 4.30. The smallest absolute Gasteiger partial charge is 0.416 e. The van der Waals surface area contributed by atoms with Gasteiger partial charge in [-0.15, -0.1) is 10.2 Å². The zero-order chi connectivity index (χ0) is 23.2. The Morgan fingerprint density at radius 3 is 2.64 bits per heavy atom. The molecule has 0 amide bonds. The molecule has 1 aliphatic carbocycles. The summed E-state index contributed by atoms with van der Waals surface area (Å²) in [6, 6.07) is 5.77. The minimum absolute atomic E-state index is 0.257. The number of hydrogen-bond donors (Lipinski definition) is 0. The number of alkyl halides is 3. The molecule has 1 spiro atoms. The summed E-state index contributed by atoms with van der Waals surface area (Å²) < 4.78 is 45.9. The van der Waals surface area contributed by atoms with Crippen molar-refractivity contribution in [3.05, 3.63) is 53.3 Å². The number of rotatable bonds is 7. The van der Waals surface area contributed by atoms with Gasteiger partial charge in [-0.1, -0.05) is 12.1 Å². The minimum atomic E-state index is -4.27. The van der Waals surface area contributed by atoms with Crippen molar-refractivity contribution < 1.29 is 17.6 Å². The van der Waals surface area contributed by atoms with Crippen LogP contribution in [-0.4, -0.2) is 44.3 Å². The van der Waals surface area contributed by atoms with Gasteiger partial charge < -0.3 is 13.9 Å². The first-order valence-electron chi connectivity index (χ1n) is 11.5. The normalized spacial score (nSPS) is 23.0. The second-order valence-corrected chi connectivity index (χ2v) is 9.49. The van der Waals surface area contributed by atoms with Gasteiger partial charge in [0, 0.05) is 20.0 Å². The molecule has 6 nitrogen and oxygen atoms in total. The Hall–Kier alpha value is -2.68. The molecule has 5 rings (SSSR count). The van der Waals surface area contributed by atoms with Crippen molar-refractivity contribution in [2.45, 2.75) is 51.1 Å². The first-order valence-corrected chi connectivity index (χ1v) is 11.5. The predicted molar refractivity (Wildman–Crippen MR) is 116 cm³/mol. The van der Waals surface area contributed by atoms with Gasteiger partial charge in [0.05, 0.1) is 11.3 Å². The first-order chi connectivity index (χ1) is 15.8. The summed E-state index contributed by atoms with van der Waals surface area (Å²) in [4.78, 5) is 6.62. The van der Waals surface area contributed by atoms with E-state index in [2.05, 4.69) is 20.1 Å². The summed E-state index contributed by atoms with van der Waals surface area (Å²) in [6.45, 7) is 5.03. The van der Waals surface area contributed by atoms with E-state index in [1.165, 1.54) is 18.5 Å². The molecule has 0 N–H and O–H groups in total. The third-order valence-corrected chi connectivity index (χ3v) is 7.33. The summed E-state index contributed by atoms with van der Waals surface area (Å²) in [5.74, 6) is 2.68. The van der Waals surface area contributed by atoms with E-state index < -0.39 is 11.7 Å². The van der Waals surface area contributed by atoms with E-state index in [0.29, 0.717) is 17.5 Å². The molecule has 1 aliphatic heterocycles. The van der Waals surface area contributed by atoms with Crippen molar-refractivity contribution in [2.24, 2.45) is 12.5 Å². The van der Waals surface area contributed by atoms with E-state index in [-0.39, 0.29) is 5.41 Å². The summed E-state index contributed by atoms with van der Waals surface area (Å²) in [7, 11) is 1.95.